The number of primary amides is 1. The lowest BCUT2D eigenvalue weighted by Crippen LogP contribution is -2.43. The van der Waals surface area contributed by atoms with Crippen molar-refractivity contribution in [3.63, 3.8) is 0 Å². The smallest absolute Gasteiger partial charge is 0.314 e. The van der Waals surface area contributed by atoms with Crippen LogP contribution in [0.5, 0.6) is 0 Å². The van der Waals surface area contributed by atoms with Crippen LogP contribution in [0.4, 0.5) is 4.79 Å². The third-order valence-corrected chi connectivity index (χ3v) is 5.55. The number of likely N-dealkylation sites (tertiary alicyclic amines) is 1. The number of nitrogens with two attached hydrogens (primary N) is 1. The number of H-pyrrole nitrogens is 1. The maximum atomic E-state index is 11.2. The van der Waals surface area contributed by atoms with Gasteiger partial charge in [-0.05, 0) is 37.8 Å². The summed E-state index contributed by atoms with van der Waals surface area (Å²) < 4.78 is 5.75. The van der Waals surface area contributed by atoms with Gasteiger partial charge in [0.15, 0.2) is 5.16 Å². The largest absolute Gasteiger partial charge is 0.470 e. The van der Waals surface area contributed by atoms with Gasteiger partial charge in [-0.1, -0.05) is 12.1 Å². The second-order valence-corrected chi connectivity index (χ2v) is 7.62. The predicted molar refractivity (Wildman–Crippen MR) is 107 cm³/mol. The summed E-state index contributed by atoms with van der Waals surface area (Å²) in [6.45, 7) is 3.20. The number of benzene rings is 1. The van der Waals surface area contributed by atoms with Crippen molar-refractivity contribution in [3.05, 3.63) is 36.0 Å². The summed E-state index contributed by atoms with van der Waals surface area (Å²) >= 11 is 1.12. The lowest BCUT2D eigenvalue weighted by Gasteiger charge is -2.33. The van der Waals surface area contributed by atoms with Crippen LogP contribution in [0.25, 0.3) is 11.3 Å². The highest BCUT2D eigenvalue weighted by Crippen LogP contribution is 2.26. The molecule has 1 aromatic carbocycles. The van der Waals surface area contributed by atoms with Crippen LogP contribution in [-0.4, -0.2) is 45.3 Å². The fraction of sp³-hybridized carbons (Fsp3) is 0.368. The van der Waals surface area contributed by atoms with Crippen LogP contribution in [0.15, 0.2) is 35.6 Å². The molecule has 1 aliphatic heterocycles. The number of aromatic amines is 1. The fourth-order valence-corrected chi connectivity index (χ4v) is 3.82. The highest BCUT2D eigenvalue weighted by Gasteiger charge is 2.27. The molecule has 9 heteroatoms. The van der Waals surface area contributed by atoms with E-state index in [1.807, 2.05) is 19.1 Å². The average Bonchev–Trinajstić information content (AvgIpc) is 3.16. The minimum Gasteiger partial charge on any atom is -0.470 e. The lowest BCUT2D eigenvalue weighted by molar-refractivity contribution is 0.0932. The molecule has 1 saturated heterocycles. The van der Waals surface area contributed by atoms with Gasteiger partial charge in [-0.15, -0.1) is 0 Å². The number of amides is 2. The average molecular weight is 398 g/mol. The molecule has 2 amide bonds. The molecule has 1 fully saturated rings. The number of nitrogens with zero attached hydrogens (tertiary/aromatic N) is 3. The van der Waals surface area contributed by atoms with Gasteiger partial charge in [0, 0.05) is 36.6 Å². The zero-order valence-corrected chi connectivity index (χ0v) is 16.3. The van der Waals surface area contributed by atoms with Gasteiger partial charge in [-0.3, -0.25) is 5.41 Å². The molecule has 2 aromatic rings. The molecule has 0 radical (unpaired) electrons. The van der Waals surface area contributed by atoms with Crippen LogP contribution < -0.4 is 5.73 Å². The molecule has 0 saturated carbocycles. The molecule has 146 valence electrons. The molecule has 1 unspecified atom stereocenters. The van der Waals surface area contributed by atoms with Gasteiger partial charge in [0.2, 0.25) is 0 Å². The minimum atomic E-state index is -0.383. The fourth-order valence-electron chi connectivity index (χ4n) is 3.19. The van der Waals surface area contributed by atoms with E-state index in [-0.39, 0.29) is 23.3 Å². The van der Waals surface area contributed by atoms with Crippen molar-refractivity contribution in [3.8, 4) is 17.3 Å². The van der Waals surface area contributed by atoms with Crippen LogP contribution in [-0.2, 0) is 4.74 Å². The number of carbonyl (C=O) groups excluding carboxylic acids is 1. The van der Waals surface area contributed by atoms with Crippen molar-refractivity contribution in [2.75, 3.05) is 13.1 Å². The van der Waals surface area contributed by atoms with E-state index in [1.165, 1.54) is 0 Å². The van der Waals surface area contributed by atoms with E-state index in [9.17, 15) is 4.79 Å². The van der Waals surface area contributed by atoms with Crippen molar-refractivity contribution in [2.45, 2.75) is 31.0 Å². The Morgan fingerprint density at radius 3 is 2.71 bits per heavy atom. The van der Waals surface area contributed by atoms with Crippen molar-refractivity contribution < 1.29 is 9.53 Å². The highest BCUT2D eigenvalue weighted by atomic mass is 32.2. The number of urea groups is 1. The summed E-state index contributed by atoms with van der Waals surface area (Å²) in [7, 11) is 0. The van der Waals surface area contributed by atoms with Crippen molar-refractivity contribution in [1.29, 1.82) is 10.7 Å². The Kier molecular flexibility index (Phi) is 6.21. The van der Waals surface area contributed by atoms with Crippen LogP contribution in [0.1, 0.15) is 25.3 Å². The van der Waals surface area contributed by atoms with Crippen LogP contribution in [0.3, 0.4) is 0 Å². The Balaban J connectivity index is 1.52. The minimum absolute atomic E-state index is 0.0746. The number of hydrogen-bond acceptors (Lipinski definition) is 6. The Hall–Kier alpha value is -2.99. The van der Waals surface area contributed by atoms with Gasteiger partial charge < -0.3 is 20.4 Å². The maximum absolute atomic E-state index is 11.2. The van der Waals surface area contributed by atoms with E-state index >= 15 is 0 Å². The van der Waals surface area contributed by atoms with Gasteiger partial charge in [0.1, 0.15) is 6.10 Å². The van der Waals surface area contributed by atoms with Crippen molar-refractivity contribution in [2.24, 2.45) is 11.7 Å². The molecule has 1 aromatic heterocycles. The number of imidazole rings is 1. The molecule has 1 atom stereocenters. The molecule has 0 spiro atoms. The summed E-state index contributed by atoms with van der Waals surface area (Å²) in [5.74, 6) is 0.280. The second kappa shape index (κ2) is 8.80. The number of thioether (sulfide) groups is 1. The summed E-state index contributed by atoms with van der Waals surface area (Å²) in [5, 5.41) is 17.6. The number of aromatic nitrogens is 2. The summed E-state index contributed by atoms with van der Waals surface area (Å²) in [5.41, 5.74) is 7.54. The molecule has 0 bridgehead atoms. The highest BCUT2D eigenvalue weighted by molar-refractivity contribution is 8.13. The maximum Gasteiger partial charge on any atom is 0.314 e. The van der Waals surface area contributed by atoms with Gasteiger partial charge in [0.25, 0.3) is 5.23 Å². The van der Waals surface area contributed by atoms with E-state index in [1.54, 1.807) is 23.2 Å². The monoisotopic (exact) mass is 398 g/mol. The van der Waals surface area contributed by atoms with E-state index in [4.69, 9.17) is 21.1 Å². The molecular weight excluding hydrogens is 376 g/mol. The number of nitriles is 1. The summed E-state index contributed by atoms with van der Waals surface area (Å²) in [6, 6.07) is 8.87. The third-order valence-electron chi connectivity index (χ3n) is 4.86. The van der Waals surface area contributed by atoms with E-state index in [0.29, 0.717) is 23.8 Å². The first-order chi connectivity index (χ1) is 13.5. The van der Waals surface area contributed by atoms with E-state index < -0.39 is 0 Å². The first kappa shape index (κ1) is 19.8. The SMILES string of the molecule is CC(OC(=N)Sc1nc(-c2ccc(C#N)cc2)c[nH]1)C1CCN(C(N)=O)CC1. The molecule has 4 N–H and O–H groups in total. The Morgan fingerprint density at radius 2 is 2.11 bits per heavy atom. The number of nitrogens with one attached hydrogen (secondary N) is 2. The number of rotatable bonds is 4. The number of carbonyl (C=O) groups is 1. The normalized spacial score (nSPS) is 15.6. The van der Waals surface area contributed by atoms with E-state index in [2.05, 4.69) is 16.0 Å². The molecule has 1 aliphatic rings. The summed E-state index contributed by atoms with van der Waals surface area (Å²) in [6.07, 6.45) is 3.26. The van der Waals surface area contributed by atoms with Gasteiger partial charge in [-0.25, -0.2) is 9.78 Å². The molecule has 3 rings (SSSR count). The standard InChI is InChI=1S/C19H22N6O2S/c1-12(14-6-8-25(9-7-14)17(21)26)27-18(22)28-19-23-11-16(24-19)15-4-2-13(10-20)3-5-15/h2-5,11-12,14,22H,6-9H2,1H3,(H2,21,26)(H,23,24). The number of hydrogen-bond donors (Lipinski definition) is 3. The topological polar surface area (TPSA) is 132 Å². The van der Waals surface area contributed by atoms with Gasteiger partial charge in [-0.2, -0.15) is 5.26 Å². The predicted octanol–water partition coefficient (Wildman–Crippen LogP) is 3.17. The van der Waals surface area contributed by atoms with Crippen molar-refractivity contribution >= 4 is 23.0 Å². The van der Waals surface area contributed by atoms with Crippen LogP contribution >= 0.6 is 11.8 Å². The molecule has 0 aliphatic carbocycles. The van der Waals surface area contributed by atoms with Crippen molar-refractivity contribution in [1.82, 2.24) is 14.9 Å². The first-order valence-corrected chi connectivity index (χ1v) is 9.81. The van der Waals surface area contributed by atoms with E-state index in [0.717, 1.165) is 35.9 Å². The van der Waals surface area contributed by atoms with Crippen LogP contribution in [0, 0.1) is 22.7 Å². The number of piperidine rings is 1. The zero-order valence-electron chi connectivity index (χ0n) is 15.5. The Morgan fingerprint density at radius 1 is 1.43 bits per heavy atom. The molecule has 8 nitrogen and oxygen atoms in total. The second-order valence-electron chi connectivity index (χ2n) is 6.66. The Bertz CT molecular complexity index is 881. The lowest BCUT2D eigenvalue weighted by atomic mass is 9.92. The van der Waals surface area contributed by atoms with Gasteiger partial charge in [0.05, 0.1) is 17.3 Å². The van der Waals surface area contributed by atoms with Gasteiger partial charge >= 0.3 is 6.03 Å². The molecular formula is C19H22N6O2S. The number of ether oxygens (including phenoxy) is 1. The summed E-state index contributed by atoms with van der Waals surface area (Å²) in [4.78, 5) is 20.4. The zero-order chi connectivity index (χ0) is 20.1. The van der Waals surface area contributed by atoms with Crippen LogP contribution in [0.2, 0.25) is 0 Å². The molecule has 2 heterocycles. The quantitative estimate of drug-likeness (QED) is 0.413. The third kappa shape index (κ3) is 4.84. The molecule has 28 heavy (non-hydrogen) atoms. The Labute approximate surface area is 167 Å². The first-order valence-electron chi connectivity index (χ1n) is 8.99.